The average Bonchev–Trinajstić information content (AvgIpc) is 2.81. The van der Waals surface area contributed by atoms with Crippen LogP contribution in [0.5, 0.6) is 0 Å². The molecular formula is C15H23ClN2O2. The van der Waals surface area contributed by atoms with E-state index in [4.69, 9.17) is 4.74 Å². The number of ether oxygens (including phenoxy) is 1. The Morgan fingerprint density at radius 3 is 2.85 bits per heavy atom. The van der Waals surface area contributed by atoms with Crippen molar-refractivity contribution >= 4 is 18.3 Å². The maximum atomic E-state index is 12.1. The summed E-state index contributed by atoms with van der Waals surface area (Å²) in [5.74, 6) is 0.0597. The Kier molecular flexibility index (Phi) is 6.46. The smallest absolute Gasteiger partial charge is 0.224 e. The van der Waals surface area contributed by atoms with Crippen LogP contribution in [0, 0.1) is 13.8 Å². The zero-order valence-corrected chi connectivity index (χ0v) is 13.0. The first-order valence-corrected chi connectivity index (χ1v) is 6.69. The van der Waals surface area contributed by atoms with Crippen LogP contribution >= 0.6 is 12.4 Å². The van der Waals surface area contributed by atoms with Crippen molar-refractivity contribution in [3.8, 4) is 0 Å². The second-order valence-corrected chi connectivity index (χ2v) is 5.21. The van der Waals surface area contributed by atoms with E-state index < -0.39 is 0 Å². The highest BCUT2D eigenvalue weighted by Gasteiger charge is 2.28. The van der Waals surface area contributed by atoms with Crippen LogP contribution in [-0.4, -0.2) is 38.3 Å². The molecule has 4 nitrogen and oxygen atoms in total. The molecule has 112 valence electrons. The van der Waals surface area contributed by atoms with Crippen LogP contribution < -0.4 is 10.6 Å². The van der Waals surface area contributed by atoms with Gasteiger partial charge in [0.2, 0.25) is 5.91 Å². The summed E-state index contributed by atoms with van der Waals surface area (Å²) in [6.07, 6.45) is 0.503. The number of halogens is 1. The predicted octanol–water partition coefficient (Wildman–Crippen LogP) is 1.37. The first-order valence-electron chi connectivity index (χ1n) is 6.69. The fourth-order valence-electron chi connectivity index (χ4n) is 2.47. The van der Waals surface area contributed by atoms with Crippen molar-refractivity contribution in [3.63, 3.8) is 0 Å². The molecule has 1 heterocycles. The zero-order valence-electron chi connectivity index (χ0n) is 12.2. The number of benzene rings is 1. The topological polar surface area (TPSA) is 50.4 Å². The molecule has 1 aliphatic heterocycles. The summed E-state index contributed by atoms with van der Waals surface area (Å²) in [6.45, 7) is 5.65. The summed E-state index contributed by atoms with van der Waals surface area (Å²) in [7, 11) is 1.68. The van der Waals surface area contributed by atoms with E-state index in [-0.39, 0.29) is 30.5 Å². The van der Waals surface area contributed by atoms with Crippen molar-refractivity contribution in [2.45, 2.75) is 32.4 Å². The lowest BCUT2D eigenvalue weighted by atomic mass is 10.0. The number of aryl methyl sites for hydroxylation is 2. The Bertz CT molecular complexity index is 465. The number of hydrogen-bond acceptors (Lipinski definition) is 3. The van der Waals surface area contributed by atoms with E-state index in [1.54, 1.807) is 7.11 Å². The Morgan fingerprint density at radius 1 is 1.40 bits per heavy atom. The Morgan fingerprint density at radius 2 is 2.15 bits per heavy atom. The fraction of sp³-hybridized carbons (Fsp3) is 0.533. The van der Waals surface area contributed by atoms with Gasteiger partial charge in [0.25, 0.3) is 0 Å². The van der Waals surface area contributed by atoms with E-state index in [0.29, 0.717) is 6.42 Å². The third kappa shape index (κ3) is 4.20. The van der Waals surface area contributed by atoms with Gasteiger partial charge in [0, 0.05) is 20.2 Å². The maximum absolute atomic E-state index is 12.1. The van der Waals surface area contributed by atoms with Crippen molar-refractivity contribution in [1.82, 2.24) is 10.6 Å². The molecule has 5 heteroatoms. The van der Waals surface area contributed by atoms with Crippen molar-refractivity contribution in [2.75, 3.05) is 20.2 Å². The molecule has 2 rings (SSSR count). The van der Waals surface area contributed by atoms with Gasteiger partial charge in [-0.2, -0.15) is 0 Å². The van der Waals surface area contributed by atoms with E-state index in [1.807, 2.05) is 13.8 Å². The molecule has 0 aliphatic carbocycles. The molecule has 0 saturated carbocycles. The molecule has 0 aromatic heterocycles. The minimum Gasteiger partial charge on any atom is -0.378 e. The predicted molar refractivity (Wildman–Crippen MR) is 82.5 cm³/mol. The number of amides is 1. The van der Waals surface area contributed by atoms with E-state index in [2.05, 4.69) is 28.8 Å². The number of nitrogens with one attached hydrogen (secondary N) is 2. The van der Waals surface area contributed by atoms with Crippen molar-refractivity contribution in [2.24, 2.45) is 0 Å². The zero-order chi connectivity index (χ0) is 13.8. The number of carbonyl (C=O) groups excluding carboxylic acids is 1. The van der Waals surface area contributed by atoms with Crippen LogP contribution in [-0.2, 0) is 16.0 Å². The maximum Gasteiger partial charge on any atom is 0.224 e. The quantitative estimate of drug-likeness (QED) is 0.883. The van der Waals surface area contributed by atoms with Crippen LogP contribution in [0.15, 0.2) is 18.2 Å². The monoisotopic (exact) mass is 298 g/mol. The minimum atomic E-state index is 0. The summed E-state index contributed by atoms with van der Waals surface area (Å²) >= 11 is 0. The lowest BCUT2D eigenvalue weighted by Crippen LogP contribution is -2.44. The third-order valence-electron chi connectivity index (χ3n) is 3.66. The van der Waals surface area contributed by atoms with E-state index in [1.165, 1.54) is 5.56 Å². The standard InChI is InChI=1S/C15H22N2O2.ClH/c1-10-4-5-11(2)12(6-10)7-15(18)17-13-8-16-9-14(13)19-3;/h4-6,13-14,16H,7-9H2,1-3H3,(H,17,18);1H/t13?,14-;/m0./s1. The van der Waals surface area contributed by atoms with Crippen LogP contribution in [0.1, 0.15) is 16.7 Å². The molecule has 1 aromatic carbocycles. The van der Waals surface area contributed by atoms with Crippen LogP contribution in [0.25, 0.3) is 0 Å². The average molecular weight is 299 g/mol. The molecule has 2 atom stereocenters. The van der Waals surface area contributed by atoms with Gasteiger partial charge in [-0.1, -0.05) is 23.8 Å². The minimum absolute atomic E-state index is 0. The second kappa shape index (κ2) is 7.62. The molecule has 1 aliphatic rings. The van der Waals surface area contributed by atoms with Gasteiger partial charge in [0.1, 0.15) is 0 Å². The van der Waals surface area contributed by atoms with Gasteiger partial charge in [-0.3, -0.25) is 4.79 Å². The largest absolute Gasteiger partial charge is 0.378 e. The number of hydrogen-bond donors (Lipinski definition) is 2. The summed E-state index contributed by atoms with van der Waals surface area (Å²) in [4.78, 5) is 12.1. The van der Waals surface area contributed by atoms with Gasteiger partial charge >= 0.3 is 0 Å². The van der Waals surface area contributed by atoms with Gasteiger partial charge < -0.3 is 15.4 Å². The normalized spacial score (nSPS) is 21.4. The lowest BCUT2D eigenvalue weighted by Gasteiger charge is -2.19. The van der Waals surface area contributed by atoms with Gasteiger partial charge in [0.15, 0.2) is 0 Å². The molecule has 0 spiro atoms. The van der Waals surface area contributed by atoms with Gasteiger partial charge in [-0.05, 0) is 25.0 Å². The van der Waals surface area contributed by atoms with E-state index >= 15 is 0 Å². The SMILES string of the molecule is CO[C@H]1CNCC1NC(=O)Cc1cc(C)ccc1C.Cl. The number of methoxy groups -OCH3 is 1. The van der Waals surface area contributed by atoms with Crippen molar-refractivity contribution in [1.29, 1.82) is 0 Å². The van der Waals surface area contributed by atoms with Crippen LogP contribution in [0.3, 0.4) is 0 Å². The van der Waals surface area contributed by atoms with Gasteiger partial charge in [0.05, 0.1) is 18.6 Å². The molecule has 1 fully saturated rings. The molecule has 0 radical (unpaired) electrons. The molecular weight excluding hydrogens is 276 g/mol. The molecule has 2 N–H and O–H groups in total. The Labute approximate surface area is 126 Å². The highest BCUT2D eigenvalue weighted by atomic mass is 35.5. The number of carbonyl (C=O) groups is 1. The van der Waals surface area contributed by atoms with Crippen LogP contribution in [0.4, 0.5) is 0 Å². The summed E-state index contributed by atoms with van der Waals surface area (Å²) in [5, 5.41) is 6.27. The summed E-state index contributed by atoms with van der Waals surface area (Å²) in [5.41, 5.74) is 3.44. The molecule has 1 aromatic rings. The number of rotatable bonds is 4. The van der Waals surface area contributed by atoms with Crippen LogP contribution in [0.2, 0.25) is 0 Å². The molecule has 1 saturated heterocycles. The molecule has 1 amide bonds. The summed E-state index contributed by atoms with van der Waals surface area (Å²) in [6, 6.07) is 6.28. The first kappa shape index (κ1) is 17.0. The lowest BCUT2D eigenvalue weighted by molar-refractivity contribution is -0.121. The molecule has 1 unspecified atom stereocenters. The highest BCUT2D eigenvalue weighted by molar-refractivity contribution is 5.85. The first-order chi connectivity index (χ1) is 9.10. The fourth-order valence-corrected chi connectivity index (χ4v) is 2.47. The molecule has 0 bridgehead atoms. The van der Waals surface area contributed by atoms with Gasteiger partial charge in [-0.25, -0.2) is 0 Å². The molecule has 20 heavy (non-hydrogen) atoms. The van der Waals surface area contributed by atoms with E-state index in [0.717, 1.165) is 24.2 Å². The third-order valence-corrected chi connectivity index (χ3v) is 3.66. The summed E-state index contributed by atoms with van der Waals surface area (Å²) < 4.78 is 5.34. The van der Waals surface area contributed by atoms with E-state index in [9.17, 15) is 4.79 Å². The van der Waals surface area contributed by atoms with Crippen molar-refractivity contribution in [3.05, 3.63) is 34.9 Å². The Balaban J connectivity index is 0.00000200. The Hall–Kier alpha value is -1.10. The van der Waals surface area contributed by atoms with Gasteiger partial charge in [-0.15, -0.1) is 12.4 Å². The van der Waals surface area contributed by atoms with Crippen molar-refractivity contribution < 1.29 is 9.53 Å². The second-order valence-electron chi connectivity index (χ2n) is 5.21. The highest BCUT2D eigenvalue weighted by Crippen LogP contribution is 2.12.